The first kappa shape index (κ1) is 18.4. The quantitative estimate of drug-likeness (QED) is 0.821. The van der Waals surface area contributed by atoms with Crippen LogP contribution in [0, 0.1) is 11.6 Å². The maximum Gasteiger partial charge on any atom is 0.254 e. The fourth-order valence-electron chi connectivity index (χ4n) is 3.27. The van der Waals surface area contributed by atoms with E-state index in [1.165, 1.54) is 17.2 Å². The van der Waals surface area contributed by atoms with Gasteiger partial charge in [-0.25, -0.2) is 17.2 Å². The van der Waals surface area contributed by atoms with Gasteiger partial charge in [0.1, 0.15) is 11.6 Å². The number of hydrogen-bond donors (Lipinski definition) is 0. The summed E-state index contributed by atoms with van der Waals surface area (Å²) in [5.41, 5.74) is 0.366. The van der Waals surface area contributed by atoms with Gasteiger partial charge in [0.15, 0.2) is 9.84 Å². The summed E-state index contributed by atoms with van der Waals surface area (Å²) in [6.07, 6.45) is 3.97. The second kappa shape index (κ2) is 7.11. The lowest BCUT2D eigenvalue weighted by atomic mass is 9.93. The molecule has 0 radical (unpaired) electrons. The first-order valence-electron chi connectivity index (χ1n) is 8.16. The molecule has 1 aliphatic rings. The van der Waals surface area contributed by atoms with Gasteiger partial charge in [-0.2, -0.15) is 0 Å². The van der Waals surface area contributed by atoms with Gasteiger partial charge in [0.2, 0.25) is 0 Å². The molecule has 1 saturated heterocycles. The van der Waals surface area contributed by atoms with E-state index in [9.17, 15) is 22.0 Å². The highest BCUT2D eigenvalue weighted by molar-refractivity contribution is 7.90. The van der Waals surface area contributed by atoms with Crippen molar-refractivity contribution in [3.8, 4) is 0 Å². The lowest BCUT2D eigenvalue weighted by molar-refractivity contribution is 0.0704. The molecule has 1 aliphatic heterocycles. The van der Waals surface area contributed by atoms with Crippen molar-refractivity contribution in [1.29, 1.82) is 0 Å². The molecular weight excluding hydrogens is 362 g/mol. The van der Waals surface area contributed by atoms with Crippen molar-refractivity contribution in [2.75, 3.05) is 19.3 Å². The summed E-state index contributed by atoms with van der Waals surface area (Å²) in [6.45, 7) is 0.686. The fraction of sp³-hybridized carbons (Fsp3) is 0.333. The number of piperidine rings is 1. The van der Waals surface area contributed by atoms with E-state index in [1.54, 1.807) is 6.07 Å². The zero-order valence-electron chi connectivity index (χ0n) is 14.2. The van der Waals surface area contributed by atoms with Crippen LogP contribution in [0.15, 0.2) is 41.4 Å². The maximum atomic E-state index is 13.4. The number of hydrogen-bond acceptors (Lipinski definition) is 4. The highest BCUT2D eigenvalue weighted by Gasteiger charge is 2.29. The van der Waals surface area contributed by atoms with Gasteiger partial charge in [0.05, 0.1) is 10.6 Å². The first-order valence-corrected chi connectivity index (χ1v) is 10.0. The van der Waals surface area contributed by atoms with Gasteiger partial charge in [-0.1, -0.05) is 0 Å². The van der Waals surface area contributed by atoms with Crippen LogP contribution in [0.2, 0.25) is 0 Å². The number of likely N-dealkylation sites (tertiary alicyclic amines) is 1. The van der Waals surface area contributed by atoms with E-state index in [2.05, 4.69) is 4.98 Å². The number of pyridine rings is 1. The average Bonchev–Trinajstić information content (AvgIpc) is 2.59. The Morgan fingerprint density at radius 1 is 1.23 bits per heavy atom. The number of aromatic nitrogens is 1. The molecule has 138 valence electrons. The summed E-state index contributed by atoms with van der Waals surface area (Å²) in [5, 5.41) is 0. The summed E-state index contributed by atoms with van der Waals surface area (Å²) in [7, 11) is -3.45. The van der Waals surface area contributed by atoms with E-state index in [0.717, 1.165) is 18.4 Å². The molecule has 1 aromatic heterocycles. The van der Waals surface area contributed by atoms with Crippen molar-refractivity contribution in [2.45, 2.75) is 23.7 Å². The number of amides is 1. The summed E-state index contributed by atoms with van der Waals surface area (Å²) >= 11 is 0. The Hall–Kier alpha value is -2.35. The van der Waals surface area contributed by atoms with E-state index in [0.29, 0.717) is 31.1 Å². The van der Waals surface area contributed by atoms with Gasteiger partial charge >= 0.3 is 0 Å². The van der Waals surface area contributed by atoms with E-state index in [-0.39, 0.29) is 22.9 Å². The van der Waals surface area contributed by atoms with Crippen molar-refractivity contribution < 1.29 is 22.0 Å². The highest BCUT2D eigenvalue weighted by atomic mass is 32.2. The van der Waals surface area contributed by atoms with Crippen molar-refractivity contribution in [3.05, 3.63) is 59.4 Å². The Morgan fingerprint density at radius 3 is 2.58 bits per heavy atom. The normalized spacial score (nSPS) is 18.0. The molecule has 8 heteroatoms. The molecule has 0 N–H and O–H groups in total. The SMILES string of the molecule is CS(=O)(=O)c1cccnc1[C@H]1CCCN(C(=O)c2cc(F)cc(F)c2)C1. The minimum Gasteiger partial charge on any atom is -0.338 e. The predicted octanol–water partition coefficient (Wildman–Crippen LogP) is 2.78. The number of nitrogens with zero attached hydrogens (tertiary/aromatic N) is 2. The maximum absolute atomic E-state index is 13.4. The second-order valence-corrected chi connectivity index (χ2v) is 8.39. The van der Waals surface area contributed by atoms with Crippen LogP contribution in [0.1, 0.15) is 34.8 Å². The summed E-state index contributed by atoms with van der Waals surface area (Å²) in [6, 6.07) is 5.76. The monoisotopic (exact) mass is 380 g/mol. The molecule has 0 spiro atoms. The largest absolute Gasteiger partial charge is 0.338 e. The molecule has 0 unspecified atom stereocenters. The van der Waals surface area contributed by atoms with Gasteiger partial charge < -0.3 is 4.90 Å². The van der Waals surface area contributed by atoms with Crippen LogP contribution in [-0.2, 0) is 9.84 Å². The lowest BCUT2D eigenvalue weighted by Crippen LogP contribution is -2.39. The molecule has 1 fully saturated rings. The third-order valence-corrected chi connectivity index (χ3v) is 5.55. The molecule has 0 saturated carbocycles. The first-order chi connectivity index (χ1) is 12.3. The lowest BCUT2D eigenvalue weighted by Gasteiger charge is -2.33. The van der Waals surface area contributed by atoms with Crippen LogP contribution in [0.5, 0.6) is 0 Å². The number of benzene rings is 1. The smallest absolute Gasteiger partial charge is 0.254 e. The molecule has 2 heterocycles. The van der Waals surface area contributed by atoms with Crippen LogP contribution in [0.4, 0.5) is 8.78 Å². The third-order valence-electron chi connectivity index (χ3n) is 4.40. The molecule has 5 nitrogen and oxygen atoms in total. The summed E-state index contributed by atoms with van der Waals surface area (Å²) in [4.78, 5) is 18.5. The molecule has 1 atom stereocenters. The molecule has 2 aromatic rings. The second-order valence-electron chi connectivity index (χ2n) is 6.41. The zero-order chi connectivity index (χ0) is 18.9. The Labute approximate surface area is 150 Å². The number of halogens is 2. The Morgan fingerprint density at radius 2 is 1.92 bits per heavy atom. The Bertz CT molecular complexity index is 927. The standard InChI is InChI=1S/C18H18F2N2O3S/c1-26(24,25)16-5-2-6-21-17(16)12-4-3-7-22(11-12)18(23)13-8-14(19)10-15(20)9-13/h2,5-6,8-10,12H,3-4,7,11H2,1H3/t12-/m0/s1. The minimum atomic E-state index is -3.45. The van der Waals surface area contributed by atoms with Gasteiger partial charge in [-0.15, -0.1) is 0 Å². The fourth-order valence-corrected chi connectivity index (χ4v) is 4.19. The summed E-state index contributed by atoms with van der Waals surface area (Å²) in [5.74, 6) is -2.36. The molecule has 0 aliphatic carbocycles. The topological polar surface area (TPSA) is 67.3 Å². The number of rotatable bonds is 3. The Kier molecular flexibility index (Phi) is 5.04. The van der Waals surface area contributed by atoms with Crippen LogP contribution in [-0.4, -0.2) is 43.6 Å². The predicted molar refractivity (Wildman–Crippen MR) is 91.6 cm³/mol. The van der Waals surface area contributed by atoms with Crippen LogP contribution < -0.4 is 0 Å². The third kappa shape index (κ3) is 3.90. The van der Waals surface area contributed by atoms with Crippen molar-refractivity contribution in [1.82, 2.24) is 9.88 Å². The average molecular weight is 380 g/mol. The van der Waals surface area contributed by atoms with Crippen molar-refractivity contribution in [2.24, 2.45) is 0 Å². The molecule has 1 amide bonds. The molecule has 0 bridgehead atoms. The van der Waals surface area contributed by atoms with E-state index in [4.69, 9.17) is 0 Å². The van der Waals surface area contributed by atoms with Gasteiger partial charge in [0, 0.05) is 43.1 Å². The van der Waals surface area contributed by atoms with Crippen molar-refractivity contribution >= 4 is 15.7 Å². The Balaban J connectivity index is 1.88. The van der Waals surface area contributed by atoms with E-state index < -0.39 is 27.4 Å². The van der Waals surface area contributed by atoms with Gasteiger partial charge in [0.25, 0.3) is 5.91 Å². The molecule has 3 rings (SSSR count). The zero-order valence-corrected chi connectivity index (χ0v) is 15.0. The van der Waals surface area contributed by atoms with Gasteiger partial charge in [-0.05, 0) is 37.1 Å². The van der Waals surface area contributed by atoms with Crippen molar-refractivity contribution in [3.63, 3.8) is 0 Å². The van der Waals surface area contributed by atoms with Crippen LogP contribution in [0.3, 0.4) is 0 Å². The molecular formula is C18H18F2N2O3S. The van der Waals surface area contributed by atoms with Crippen LogP contribution >= 0.6 is 0 Å². The molecule has 1 aromatic carbocycles. The highest BCUT2D eigenvalue weighted by Crippen LogP contribution is 2.30. The summed E-state index contributed by atoms with van der Waals surface area (Å²) < 4.78 is 50.8. The number of carbonyl (C=O) groups excluding carboxylic acids is 1. The minimum absolute atomic E-state index is 0.0625. The molecule has 26 heavy (non-hydrogen) atoms. The van der Waals surface area contributed by atoms with Gasteiger partial charge in [-0.3, -0.25) is 9.78 Å². The van der Waals surface area contributed by atoms with E-state index in [1.807, 2.05) is 0 Å². The van der Waals surface area contributed by atoms with E-state index >= 15 is 0 Å². The number of sulfone groups is 1. The number of carbonyl (C=O) groups is 1. The van der Waals surface area contributed by atoms with Crippen LogP contribution in [0.25, 0.3) is 0 Å².